The van der Waals surface area contributed by atoms with E-state index < -0.39 is 5.41 Å². The number of fused-ring (bicyclic) bond motifs is 1. The number of nitrogens with one attached hydrogen (secondary N) is 1. The molecule has 0 spiro atoms. The molecule has 1 aromatic rings. The lowest BCUT2D eigenvalue weighted by Crippen LogP contribution is -2.47. The van der Waals surface area contributed by atoms with Gasteiger partial charge in [0.25, 0.3) is 0 Å². The van der Waals surface area contributed by atoms with E-state index in [-0.39, 0.29) is 18.6 Å². The Morgan fingerprint density at radius 2 is 1.75 bits per heavy atom. The molecular formula is C18H26N2O4. The predicted octanol–water partition coefficient (Wildman–Crippen LogP) is 3.03. The van der Waals surface area contributed by atoms with Gasteiger partial charge in [0.2, 0.25) is 18.6 Å². The van der Waals surface area contributed by atoms with Crippen molar-refractivity contribution in [3.63, 3.8) is 0 Å². The Labute approximate surface area is 143 Å². The summed E-state index contributed by atoms with van der Waals surface area (Å²) in [6.07, 6.45) is 1.73. The Morgan fingerprint density at radius 3 is 2.38 bits per heavy atom. The van der Waals surface area contributed by atoms with Crippen LogP contribution in [0, 0.1) is 5.41 Å². The zero-order valence-electron chi connectivity index (χ0n) is 14.8. The second-order valence-corrected chi connectivity index (χ2v) is 6.44. The molecule has 0 radical (unpaired) electrons. The summed E-state index contributed by atoms with van der Waals surface area (Å²) >= 11 is 0. The third kappa shape index (κ3) is 3.80. The molecule has 1 N–H and O–H groups in total. The molecular weight excluding hydrogens is 308 g/mol. The maximum absolute atomic E-state index is 12.8. The van der Waals surface area contributed by atoms with Crippen molar-refractivity contribution in [1.29, 1.82) is 0 Å². The van der Waals surface area contributed by atoms with Crippen molar-refractivity contribution >= 4 is 17.5 Å². The van der Waals surface area contributed by atoms with Gasteiger partial charge in [-0.05, 0) is 38.8 Å². The number of benzene rings is 1. The summed E-state index contributed by atoms with van der Waals surface area (Å²) in [5.74, 6) is 0.768. The summed E-state index contributed by atoms with van der Waals surface area (Å²) in [7, 11) is 0. The van der Waals surface area contributed by atoms with Crippen LogP contribution in [0.15, 0.2) is 18.2 Å². The first-order valence-corrected chi connectivity index (χ1v) is 8.40. The Morgan fingerprint density at radius 1 is 1.12 bits per heavy atom. The number of hydrogen-bond acceptors (Lipinski definition) is 4. The van der Waals surface area contributed by atoms with Gasteiger partial charge in [-0.1, -0.05) is 13.8 Å². The molecule has 0 saturated carbocycles. The Kier molecular flexibility index (Phi) is 5.70. The normalized spacial score (nSPS) is 12.8. The van der Waals surface area contributed by atoms with Gasteiger partial charge in [-0.25, -0.2) is 0 Å². The number of nitrogens with zero attached hydrogens (tertiary/aromatic N) is 1. The maximum Gasteiger partial charge on any atom is 0.239 e. The highest BCUT2D eigenvalue weighted by molar-refractivity contribution is 6.09. The quantitative estimate of drug-likeness (QED) is 0.778. The van der Waals surface area contributed by atoms with Gasteiger partial charge in [0.15, 0.2) is 11.5 Å². The lowest BCUT2D eigenvalue weighted by molar-refractivity contribution is -0.146. The highest BCUT2D eigenvalue weighted by Crippen LogP contribution is 2.34. The van der Waals surface area contributed by atoms with E-state index in [2.05, 4.69) is 5.32 Å². The summed E-state index contributed by atoms with van der Waals surface area (Å²) in [4.78, 5) is 27.2. The lowest BCUT2D eigenvalue weighted by Gasteiger charge is -2.30. The molecule has 1 heterocycles. The Balaban J connectivity index is 2.10. The smallest absolute Gasteiger partial charge is 0.239 e. The van der Waals surface area contributed by atoms with Crippen LogP contribution in [0.5, 0.6) is 11.5 Å². The molecule has 0 aromatic heterocycles. The van der Waals surface area contributed by atoms with Crippen LogP contribution >= 0.6 is 0 Å². The fraction of sp³-hybridized carbons (Fsp3) is 0.556. The largest absolute Gasteiger partial charge is 0.454 e. The number of amides is 2. The number of ether oxygens (including phenoxy) is 2. The first kappa shape index (κ1) is 18.1. The molecule has 0 atom stereocenters. The molecule has 0 saturated heterocycles. The van der Waals surface area contributed by atoms with Crippen molar-refractivity contribution in [3.8, 4) is 11.5 Å². The zero-order chi connectivity index (χ0) is 17.7. The van der Waals surface area contributed by atoms with Gasteiger partial charge >= 0.3 is 0 Å². The third-order valence-corrected chi connectivity index (χ3v) is 4.01. The van der Waals surface area contributed by atoms with Gasteiger partial charge in [-0.2, -0.15) is 0 Å². The monoisotopic (exact) mass is 334 g/mol. The first-order chi connectivity index (χ1) is 11.4. The minimum absolute atomic E-state index is 0.149. The fourth-order valence-electron chi connectivity index (χ4n) is 2.61. The highest BCUT2D eigenvalue weighted by Gasteiger charge is 2.39. The number of carbonyl (C=O) groups is 2. The van der Waals surface area contributed by atoms with E-state index >= 15 is 0 Å². The highest BCUT2D eigenvalue weighted by atomic mass is 16.7. The van der Waals surface area contributed by atoms with Crippen molar-refractivity contribution in [2.75, 3.05) is 25.2 Å². The number of carbonyl (C=O) groups excluding carboxylic acids is 2. The summed E-state index contributed by atoms with van der Waals surface area (Å²) in [6.45, 7) is 8.87. The van der Waals surface area contributed by atoms with Crippen LogP contribution in [0.4, 0.5) is 5.69 Å². The molecule has 1 aromatic carbocycles. The molecule has 6 heteroatoms. The minimum Gasteiger partial charge on any atom is -0.454 e. The van der Waals surface area contributed by atoms with Gasteiger partial charge in [0.05, 0.1) is 0 Å². The average molecular weight is 334 g/mol. The van der Waals surface area contributed by atoms with Gasteiger partial charge < -0.3 is 19.7 Å². The molecule has 132 valence electrons. The molecule has 1 aliphatic rings. The summed E-state index contributed by atoms with van der Waals surface area (Å²) in [5, 5.41) is 2.81. The van der Waals surface area contributed by atoms with Crippen LogP contribution in [0.1, 0.15) is 40.5 Å². The van der Waals surface area contributed by atoms with Crippen LogP contribution < -0.4 is 14.8 Å². The maximum atomic E-state index is 12.8. The van der Waals surface area contributed by atoms with E-state index in [1.807, 2.05) is 13.8 Å². The summed E-state index contributed by atoms with van der Waals surface area (Å²) < 4.78 is 10.6. The zero-order valence-corrected chi connectivity index (χ0v) is 14.8. The second-order valence-electron chi connectivity index (χ2n) is 6.44. The van der Waals surface area contributed by atoms with Gasteiger partial charge in [-0.3, -0.25) is 9.59 Å². The van der Waals surface area contributed by atoms with Crippen molar-refractivity contribution in [1.82, 2.24) is 4.90 Å². The van der Waals surface area contributed by atoms with E-state index in [4.69, 9.17) is 9.47 Å². The Hall–Kier alpha value is -2.24. The first-order valence-electron chi connectivity index (χ1n) is 8.40. The van der Waals surface area contributed by atoms with E-state index in [0.29, 0.717) is 30.3 Å². The standard InChI is InChI=1S/C18H26N2O4/c1-5-9-20(10-6-2)17(22)18(3,4)16(21)19-13-7-8-14-15(11-13)24-12-23-14/h7-8,11H,5-6,9-10,12H2,1-4H3,(H,19,21). The van der Waals surface area contributed by atoms with Crippen LogP contribution in [-0.4, -0.2) is 36.6 Å². The van der Waals surface area contributed by atoms with Crippen LogP contribution in [-0.2, 0) is 9.59 Å². The molecule has 2 rings (SSSR count). The minimum atomic E-state index is -1.14. The SMILES string of the molecule is CCCN(CCC)C(=O)C(C)(C)C(=O)Nc1ccc2c(c1)OCO2. The number of hydrogen-bond donors (Lipinski definition) is 1. The Bertz CT molecular complexity index is 607. The van der Waals surface area contributed by atoms with E-state index in [1.165, 1.54) is 0 Å². The summed E-state index contributed by atoms with van der Waals surface area (Å²) in [6, 6.07) is 5.19. The van der Waals surface area contributed by atoms with E-state index in [1.54, 1.807) is 36.9 Å². The lowest BCUT2D eigenvalue weighted by atomic mass is 9.90. The molecule has 2 amide bonds. The van der Waals surface area contributed by atoms with E-state index in [0.717, 1.165) is 12.8 Å². The summed E-state index contributed by atoms with van der Waals surface area (Å²) in [5.41, 5.74) is -0.552. The van der Waals surface area contributed by atoms with Crippen molar-refractivity contribution < 1.29 is 19.1 Å². The molecule has 6 nitrogen and oxygen atoms in total. The molecule has 0 bridgehead atoms. The topological polar surface area (TPSA) is 67.9 Å². The van der Waals surface area contributed by atoms with E-state index in [9.17, 15) is 9.59 Å². The van der Waals surface area contributed by atoms with Gasteiger partial charge in [0.1, 0.15) is 5.41 Å². The van der Waals surface area contributed by atoms with Crippen molar-refractivity contribution in [2.24, 2.45) is 5.41 Å². The molecule has 0 fully saturated rings. The second kappa shape index (κ2) is 7.55. The van der Waals surface area contributed by atoms with Gasteiger partial charge in [-0.15, -0.1) is 0 Å². The predicted molar refractivity (Wildman–Crippen MR) is 92.1 cm³/mol. The molecule has 1 aliphatic heterocycles. The van der Waals surface area contributed by atoms with Crippen LogP contribution in [0.2, 0.25) is 0 Å². The number of anilines is 1. The number of rotatable bonds is 7. The van der Waals surface area contributed by atoms with Crippen molar-refractivity contribution in [3.05, 3.63) is 18.2 Å². The van der Waals surface area contributed by atoms with Crippen LogP contribution in [0.25, 0.3) is 0 Å². The van der Waals surface area contributed by atoms with Crippen LogP contribution in [0.3, 0.4) is 0 Å². The molecule has 24 heavy (non-hydrogen) atoms. The molecule has 0 aliphatic carbocycles. The molecule has 0 unspecified atom stereocenters. The third-order valence-electron chi connectivity index (χ3n) is 4.01. The average Bonchev–Trinajstić information content (AvgIpc) is 3.01. The van der Waals surface area contributed by atoms with Crippen molar-refractivity contribution in [2.45, 2.75) is 40.5 Å². The fourth-order valence-corrected chi connectivity index (χ4v) is 2.61. The van der Waals surface area contributed by atoms with Gasteiger partial charge in [0, 0.05) is 24.8 Å².